The van der Waals surface area contributed by atoms with Gasteiger partial charge in [-0.2, -0.15) is 0 Å². The van der Waals surface area contributed by atoms with Crippen molar-refractivity contribution in [3.8, 4) is 0 Å². The molecule has 0 atom stereocenters. The van der Waals surface area contributed by atoms with E-state index in [1.165, 1.54) is 16.2 Å². The second-order valence-corrected chi connectivity index (χ2v) is 6.65. The van der Waals surface area contributed by atoms with Crippen molar-refractivity contribution < 1.29 is 9.53 Å². The van der Waals surface area contributed by atoms with Crippen LogP contribution in [0.25, 0.3) is 0 Å². The Kier molecular flexibility index (Phi) is 4.09. The van der Waals surface area contributed by atoms with Gasteiger partial charge in [-0.25, -0.2) is 9.69 Å². The molecular formula is C12H10ClN3O2S2. The average Bonchev–Trinajstić information content (AvgIpc) is 3.06. The first-order chi connectivity index (χ1) is 9.72. The largest absolute Gasteiger partial charge is 0.447 e. The van der Waals surface area contributed by atoms with Crippen LogP contribution >= 0.6 is 34.7 Å². The first-order valence-electron chi connectivity index (χ1n) is 5.87. The fourth-order valence-electron chi connectivity index (χ4n) is 1.66. The topological polar surface area (TPSA) is 55.3 Å². The highest BCUT2D eigenvalue weighted by atomic mass is 35.5. The summed E-state index contributed by atoms with van der Waals surface area (Å²) in [5.74, 6) is 0.788. The normalized spacial score (nSPS) is 14.7. The van der Waals surface area contributed by atoms with Crippen molar-refractivity contribution in [2.24, 2.45) is 0 Å². The van der Waals surface area contributed by atoms with Crippen LogP contribution in [0.15, 0.2) is 28.6 Å². The monoisotopic (exact) mass is 327 g/mol. The number of carbonyl (C=O) groups is 1. The van der Waals surface area contributed by atoms with Crippen molar-refractivity contribution in [1.82, 2.24) is 10.2 Å². The van der Waals surface area contributed by atoms with Crippen LogP contribution in [0.2, 0.25) is 5.02 Å². The van der Waals surface area contributed by atoms with Crippen LogP contribution in [0.5, 0.6) is 0 Å². The van der Waals surface area contributed by atoms with Gasteiger partial charge < -0.3 is 4.74 Å². The number of cyclic esters (lactones) is 1. The van der Waals surface area contributed by atoms with Crippen molar-refractivity contribution in [1.29, 1.82) is 0 Å². The molecule has 0 N–H and O–H groups in total. The number of halogens is 1. The van der Waals surface area contributed by atoms with E-state index in [1.807, 2.05) is 24.3 Å². The van der Waals surface area contributed by atoms with Gasteiger partial charge in [0.25, 0.3) is 0 Å². The summed E-state index contributed by atoms with van der Waals surface area (Å²) in [7, 11) is 0. The smallest absolute Gasteiger partial charge is 0.416 e. The molecule has 1 amide bonds. The lowest BCUT2D eigenvalue weighted by Crippen LogP contribution is -2.22. The predicted octanol–water partition coefficient (Wildman–Crippen LogP) is 3.44. The van der Waals surface area contributed by atoms with Crippen LogP contribution in [-0.4, -0.2) is 29.4 Å². The van der Waals surface area contributed by atoms with Gasteiger partial charge >= 0.3 is 6.09 Å². The van der Waals surface area contributed by atoms with Crippen LogP contribution in [0.3, 0.4) is 0 Å². The van der Waals surface area contributed by atoms with Gasteiger partial charge in [-0.15, -0.1) is 10.2 Å². The lowest BCUT2D eigenvalue weighted by Gasteiger charge is -2.05. The summed E-state index contributed by atoms with van der Waals surface area (Å²) in [5.41, 5.74) is 1.16. The van der Waals surface area contributed by atoms with E-state index in [2.05, 4.69) is 10.2 Å². The molecule has 0 radical (unpaired) electrons. The van der Waals surface area contributed by atoms with Gasteiger partial charge in [-0.3, -0.25) is 0 Å². The van der Waals surface area contributed by atoms with Gasteiger partial charge in [-0.05, 0) is 17.7 Å². The third-order valence-electron chi connectivity index (χ3n) is 2.66. The Morgan fingerprint density at radius 3 is 2.85 bits per heavy atom. The number of ether oxygens (including phenoxy) is 1. The third-order valence-corrected chi connectivity index (χ3v) is 5.07. The molecule has 104 valence electrons. The lowest BCUT2D eigenvalue weighted by atomic mass is 10.2. The molecule has 20 heavy (non-hydrogen) atoms. The summed E-state index contributed by atoms with van der Waals surface area (Å²) in [6.45, 7) is 0.945. The average molecular weight is 328 g/mol. The first kappa shape index (κ1) is 13.7. The zero-order valence-corrected chi connectivity index (χ0v) is 12.7. The Balaban J connectivity index is 1.62. The molecule has 1 aliphatic heterocycles. The van der Waals surface area contributed by atoms with Gasteiger partial charge in [-0.1, -0.05) is 46.8 Å². The summed E-state index contributed by atoms with van der Waals surface area (Å²) in [5, 5.41) is 9.43. The maximum atomic E-state index is 11.4. The molecule has 0 unspecified atom stereocenters. The van der Waals surface area contributed by atoms with Gasteiger partial charge in [0.2, 0.25) is 5.13 Å². The number of aromatic nitrogens is 2. The standard InChI is InChI=1S/C12H10ClN3O2S2/c13-9-3-1-8(2-4-9)7-19-11-15-14-10(20-11)16-5-6-18-12(16)17/h1-4H,5-7H2. The van der Waals surface area contributed by atoms with E-state index in [1.54, 1.807) is 11.8 Å². The molecule has 2 aromatic rings. The minimum Gasteiger partial charge on any atom is -0.447 e. The number of amides is 1. The molecule has 3 rings (SSSR count). The minimum absolute atomic E-state index is 0.351. The van der Waals surface area contributed by atoms with Gasteiger partial charge in [0.1, 0.15) is 6.61 Å². The predicted molar refractivity (Wildman–Crippen MR) is 79.6 cm³/mol. The van der Waals surface area contributed by atoms with Crippen molar-refractivity contribution in [2.75, 3.05) is 18.1 Å². The molecule has 2 heterocycles. The Morgan fingerprint density at radius 2 is 2.15 bits per heavy atom. The SMILES string of the molecule is O=C1OCCN1c1nnc(SCc2ccc(Cl)cc2)s1. The highest BCUT2D eigenvalue weighted by Gasteiger charge is 2.26. The van der Waals surface area contributed by atoms with E-state index in [0.29, 0.717) is 18.3 Å². The maximum Gasteiger partial charge on any atom is 0.416 e. The number of anilines is 1. The van der Waals surface area contributed by atoms with Gasteiger partial charge in [0, 0.05) is 10.8 Å². The van der Waals surface area contributed by atoms with Crippen molar-refractivity contribution >= 4 is 45.9 Å². The fraction of sp³-hybridized carbons (Fsp3) is 0.250. The molecule has 1 aromatic carbocycles. The Morgan fingerprint density at radius 1 is 1.35 bits per heavy atom. The molecule has 1 saturated heterocycles. The summed E-state index contributed by atoms with van der Waals surface area (Å²) < 4.78 is 5.70. The van der Waals surface area contributed by atoms with Crippen molar-refractivity contribution in [3.63, 3.8) is 0 Å². The quantitative estimate of drug-likeness (QED) is 0.636. The number of rotatable bonds is 4. The van der Waals surface area contributed by atoms with E-state index in [-0.39, 0.29) is 6.09 Å². The van der Waals surface area contributed by atoms with Crippen molar-refractivity contribution in [3.05, 3.63) is 34.9 Å². The van der Waals surface area contributed by atoms with Crippen LogP contribution in [0.4, 0.5) is 9.93 Å². The van der Waals surface area contributed by atoms with E-state index in [4.69, 9.17) is 16.3 Å². The molecule has 5 nitrogen and oxygen atoms in total. The van der Waals surface area contributed by atoms with Crippen molar-refractivity contribution in [2.45, 2.75) is 10.1 Å². The van der Waals surface area contributed by atoms with Gasteiger partial charge in [0.15, 0.2) is 4.34 Å². The first-order valence-corrected chi connectivity index (χ1v) is 8.05. The fourth-order valence-corrected chi connectivity index (χ4v) is 3.60. The van der Waals surface area contributed by atoms with E-state index >= 15 is 0 Å². The Bertz CT molecular complexity index is 617. The third kappa shape index (κ3) is 3.05. The zero-order chi connectivity index (χ0) is 13.9. The summed E-state index contributed by atoms with van der Waals surface area (Å²) in [6.07, 6.45) is -0.351. The molecule has 0 aliphatic carbocycles. The minimum atomic E-state index is -0.351. The van der Waals surface area contributed by atoms with E-state index < -0.39 is 0 Å². The highest BCUT2D eigenvalue weighted by Crippen LogP contribution is 2.31. The molecule has 1 aliphatic rings. The lowest BCUT2D eigenvalue weighted by molar-refractivity contribution is 0.181. The molecule has 0 saturated carbocycles. The number of hydrogen-bond acceptors (Lipinski definition) is 6. The number of thioether (sulfide) groups is 1. The van der Waals surface area contributed by atoms with Crippen LogP contribution < -0.4 is 4.90 Å². The van der Waals surface area contributed by atoms with E-state index in [0.717, 1.165) is 20.7 Å². The Labute approximate surface area is 128 Å². The van der Waals surface area contributed by atoms with Crippen LogP contribution in [-0.2, 0) is 10.5 Å². The summed E-state index contributed by atoms with van der Waals surface area (Å²) >= 11 is 8.82. The summed E-state index contributed by atoms with van der Waals surface area (Å²) in [4.78, 5) is 12.9. The van der Waals surface area contributed by atoms with Crippen LogP contribution in [0, 0.1) is 0 Å². The molecule has 1 fully saturated rings. The highest BCUT2D eigenvalue weighted by molar-refractivity contribution is 8.00. The number of benzene rings is 1. The molecular weight excluding hydrogens is 318 g/mol. The number of nitrogens with zero attached hydrogens (tertiary/aromatic N) is 3. The second-order valence-electron chi connectivity index (χ2n) is 4.03. The van der Waals surface area contributed by atoms with Gasteiger partial charge in [0.05, 0.1) is 6.54 Å². The number of carbonyl (C=O) groups excluding carboxylic acids is 1. The number of hydrogen-bond donors (Lipinski definition) is 0. The molecule has 0 bridgehead atoms. The maximum absolute atomic E-state index is 11.4. The molecule has 1 aromatic heterocycles. The molecule has 8 heteroatoms. The molecule has 0 spiro atoms. The second kappa shape index (κ2) is 5.99. The van der Waals surface area contributed by atoms with Crippen LogP contribution in [0.1, 0.15) is 5.56 Å². The van der Waals surface area contributed by atoms with E-state index in [9.17, 15) is 4.79 Å². The Hall–Kier alpha value is -1.31. The zero-order valence-electron chi connectivity index (χ0n) is 10.3. The summed E-state index contributed by atoms with van der Waals surface area (Å²) in [6, 6.07) is 7.69.